The van der Waals surface area contributed by atoms with Gasteiger partial charge in [0, 0.05) is 18.8 Å². The number of hydrogen-bond acceptors (Lipinski definition) is 6. The quantitative estimate of drug-likeness (QED) is 0.666. The molecule has 148 valence electrons. The second-order valence-electron chi connectivity index (χ2n) is 6.21. The van der Waals surface area contributed by atoms with Crippen LogP contribution in [0.1, 0.15) is 5.56 Å². The normalized spacial score (nSPS) is 10.1. The summed E-state index contributed by atoms with van der Waals surface area (Å²) in [4.78, 5) is 14.4. The highest BCUT2D eigenvalue weighted by molar-refractivity contribution is 5.94. The first-order valence-electron chi connectivity index (χ1n) is 8.84. The summed E-state index contributed by atoms with van der Waals surface area (Å²) in [5, 5.41) is 16.4. The number of rotatable bonds is 7. The number of nitriles is 1. The molecule has 0 bridgehead atoms. The van der Waals surface area contributed by atoms with Gasteiger partial charge in [0.2, 0.25) is 5.91 Å². The van der Waals surface area contributed by atoms with Gasteiger partial charge in [0.25, 0.3) is 0 Å². The molecule has 3 rings (SSSR count). The molecule has 0 spiro atoms. The number of ether oxygens (including phenoxy) is 2. The number of nitrogens with zero attached hydrogens (tertiary/aromatic N) is 4. The summed E-state index contributed by atoms with van der Waals surface area (Å²) < 4.78 is 12.1. The van der Waals surface area contributed by atoms with E-state index in [2.05, 4.69) is 16.5 Å². The number of aromatic nitrogens is 2. The number of nitrogens with one attached hydrogen (secondary N) is 1. The fourth-order valence-corrected chi connectivity index (χ4v) is 2.86. The van der Waals surface area contributed by atoms with Crippen molar-refractivity contribution in [1.29, 1.82) is 5.26 Å². The molecule has 3 aromatic rings. The number of methoxy groups -OCH3 is 2. The van der Waals surface area contributed by atoms with Crippen LogP contribution in [0, 0.1) is 11.3 Å². The van der Waals surface area contributed by atoms with E-state index in [0.29, 0.717) is 17.3 Å². The van der Waals surface area contributed by atoms with E-state index in [0.717, 1.165) is 11.4 Å². The topological polar surface area (TPSA) is 92.4 Å². The van der Waals surface area contributed by atoms with Crippen LogP contribution in [0.15, 0.2) is 54.7 Å². The van der Waals surface area contributed by atoms with Crippen molar-refractivity contribution in [3.8, 4) is 23.3 Å². The molecule has 0 aliphatic rings. The van der Waals surface area contributed by atoms with Gasteiger partial charge in [0.1, 0.15) is 11.6 Å². The van der Waals surface area contributed by atoms with Crippen LogP contribution in [0.3, 0.4) is 0 Å². The van der Waals surface area contributed by atoms with Gasteiger partial charge >= 0.3 is 0 Å². The highest BCUT2D eigenvalue weighted by atomic mass is 16.5. The number of carbonyl (C=O) groups is 1. The molecule has 1 aromatic heterocycles. The minimum Gasteiger partial charge on any atom is -0.493 e. The van der Waals surface area contributed by atoms with Gasteiger partial charge in [-0.25, -0.2) is 4.68 Å². The molecular weight excluding hydrogens is 370 g/mol. The SMILES string of the molecule is COc1ccc(N(C)CC(=O)Nc2c(C#N)cnn2-c2ccccc2)cc1OC. The standard InChI is InChI=1S/C21H21N5O3/c1-25(17-9-10-18(28-2)19(11-17)29-3)14-20(27)24-21-15(12-22)13-23-26(21)16-7-5-4-6-8-16/h4-11,13H,14H2,1-3H3,(H,24,27). The van der Waals surface area contributed by atoms with Crippen molar-refractivity contribution in [2.45, 2.75) is 0 Å². The van der Waals surface area contributed by atoms with Crippen molar-refractivity contribution >= 4 is 17.4 Å². The number of hydrogen-bond donors (Lipinski definition) is 1. The predicted octanol–water partition coefficient (Wildman–Crippen LogP) is 2.84. The van der Waals surface area contributed by atoms with Crippen LogP contribution in [0.2, 0.25) is 0 Å². The average molecular weight is 391 g/mol. The summed E-state index contributed by atoms with van der Waals surface area (Å²) in [5.41, 5.74) is 1.82. The Morgan fingerprint density at radius 3 is 2.55 bits per heavy atom. The zero-order chi connectivity index (χ0) is 20.8. The molecule has 29 heavy (non-hydrogen) atoms. The molecule has 0 radical (unpaired) electrons. The van der Waals surface area contributed by atoms with E-state index in [1.807, 2.05) is 36.4 Å². The van der Waals surface area contributed by atoms with Crippen LogP contribution in [-0.4, -0.2) is 43.5 Å². The maximum atomic E-state index is 12.7. The van der Waals surface area contributed by atoms with Gasteiger partial charge in [0.15, 0.2) is 17.3 Å². The molecule has 0 unspecified atom stereocenters. The van der Waals surface area contributed by atoms with Gasteiger partial charge < -0.3 is 19.7 Å². The van der Waals surface area contributed by atoms with Crippen LogP contribution in [0.25, 0.3) is 5.69 Å². The first-order valence-corrected chi connectivity index (χ1v) is 8.84. The summed E-state index contributed by atoms with van der Waals surface area (Å²) in [6.07, 6.45) is 1.43. The summed E-state index contributed by atoms with van der Waals surface area (Å²) in [7, 11) is 4.92. The lowest BCUT2D eigenvalue weighted by molar-refractivity contribution is -0.115. The van der Waals surface area contributed by atoms with E-state index < -0.39 is 0 Å². The molecule has 0 aliphatic heterocycles. The molecule has 2 aromatic carbocycles. The highest BCUT2D eigenvalue weighted by Gasteiger charge is 2.17. The Bertz CT molecular complexity index is 1040. The average Bonchev–Trinajstić information content (AvgIpc) is 3.16. The minimum absolute atomic E-state index is 0.0698. The van der Waals surface area contributed by atoms with Crippen molar-refractivity contribution in [2.75, 3.05) is 38.0 Å². The van der Waals surface area contributed by atoms with Crippen molar-refractivity contribution in [2.24, 2.45) is 0 Å². The molecule has 1 N–H and O–H groups in total. The third-order valence-corrected chi connectivity index (χ3v) is 4.34. The molecule has 0 aliphatic carbocycles. The monoisotopic (exact) mass is 391 g/mol. The van der Waals surface area contributed by atoms with E-state index in [9.17, 15) is 10.1 Å². The fourth-order valence-electron chi connectivity index (χ4n) is 2.86. The number of para-hydroxylation sites is 1. The van der Waals surface area contributed by atoms with Gasteiger partial charge in [0.05, 0.1) is 32.6 Å². The smallest absolute Gasteiger partial charge is 0.245 e. The van der Waals surface area contributed by atoms with E-state index in [1.165, 1.54) is 10.9 Å². The molecule has 0 saturated heterocycles. The van der Waals surface area contributed by atoms with Gasteiger partial charge in [-0.1, -0.05) is 18.2 Å². The lowest BCUT2D eigenvalue weighted by Gasteiger charge is -2.20. The summed E-state index contributed by atoms with van der Waals surface area (Å²) in [5.74, 6) is 1.24. The molecule has 0 atom stereocenters. The second kappa shape index (κ2) is 8.80. The summed E-state index contributed by atoms with van der Waals surface area (Å²) in [6.45, 7) is 0.0698. The highest BCUT2D eigenvalue weighted by Crippen LogP contribution is 2.31. The van der Waals surface area contributed by atoms with Crippen LogP contribution in [0.5, 0.6) is 11.5 Å². The van der Waals surface area contributed by atoms with Crippen molar-refractivity contribution in [1.82, 2.24) is 9.78 Å². The van der Waals surface area contributed by atoms with Crippen molar-refractivity contribution in [3.05, 3.63) is 60.3 Å². The number of carbonyl (C=O) groups excluding carboxylic acids is 1. The number of amides is 1. The maximum absolute atomic E-state index is 12.7. The third kappa shape index (κ3) is 4.30. The fraction of sp³-hybridized carbons (Fsp3) is 0.190. The van der Waals surface area contributed by atoms with Gasteiger partial charge in [-0.2, -0.15) is 10.4 Å². The molecule has 8 heteroatoms. The van der Waals surface area contributed by atoms with Gasteiger partial charge in [-0.3, -0.25) is 4.79 Å². The second-order valence-corrected chi connectivity index (χ2v) is 6.21. The summed E-state index contributed by atoms with van der Waals surface area (Å²) in [6, 6.07) is 16.8. The Balaban J connectivity index is 1.78. The van der Waals surface area contributed by atoms with Gasteiger partial charge in [-0.15, -0.1) is 0 Å². The van der Waals surface area contributed by atoms with Gasteiger partial charge in [-0.05, 0) is 24.3 Å². The Kier molecular flexibility index (Phi) is 6.00. The predicted molar refractivity (Wildman–Crippen MR) is 110 cm³/mol. The number of anilines is 2. The van der Waals surface area contributed by atoms with E-state index in [4.69, 9.17) is 9.47 Å². The first kappa shape index (κ1) is 19.8. The first-order chi connectivity index (χ1) is 14.1. The zero-order valence-corrected chi connectivity index (χ0v) is 16.4. The summed E-state index contributed by atoms with van der Waals surface area (Å²) >= 11 is 0. The Morgan fingerprint density at radius 1 is 1.17 bits per heavy atom. The zero-order valence-electron chi connectivity index (χ0n) is 16.4. The van der Waals surface area contributed by atoms with E-state index >= 15 is 0 Å². The van der Waals surface area contributed by atoms with Crippen LogP contribution >= 0.6 is 0 Å². The largest absolute Gasteiger partial charge is 0.493 e. The lowest BCUT2D eigenvalue weighted by atomic mass is 10.2. The molecule has 1 heterocycles. The Labute approximate surface area is 168 Å². The van der Waals surface area contributed by atoms with Crippen molar-refractivity contribution in [3.63, 3.8) is 0 Å². The van der Waals surface area contributed by atoms with Crippen LogP contribution in [0.4, 0.5) is 11.5 Å². The Hall–Kier alpha value is -3.99. The molecule has 1 amide bonds. The van der Waals surface area contributed by atoms with Crippen LogP contribution < -0.4 is 19.7 Å². The molecular formula is C21H21N5O3. The Morgan fingerprint density at radius 2 is 1.90 bits per heavy atom. The molecule has 0 fully saturated rings. The number of likely N-dealkylation sites (N-methyl/N-ethyl adjacent to an activating group) is 1. The third-order valence-electron chi connectivity index (χ3n) is 4.34. The minimum atomic E-state index is -0.281. The number of benzene rings is 2. The van der Waals surface area contributed by atoms with Crippen LogP contribution in [-0.2, 0) is 4.79 Å². The molecule has 8 nitrogen and oxygen atoms in total. The maximum Gasteiger partial charge on any atom is 0.245 e. The lowest BCUT2D eigenvalue weighted by Crippen LogP contribution is -2.31. The van der Waals surface area contributed by atoms with Crippen molar-refractivity contribution < 1.29 is 14.3 Å². The van der Waals surface area contributed by atoms with E-state index in [-0.39, 0.29) is 18.0 Å². The van der Waals surface area contributed by atoms with E-state index in [1.54, 1.807) is 38.3 Å². The molecule has 0 saturated carbocycles.